The first-order valence-electron chi connectivity index (χ1n) is 5.87. The van der Waals surface area contributed by atoms with Crippen LogP contribution in [-0.2, 0) is 0 Å². The molecule has 0 unspecified atom stereocenters. The second-order valence-electron chi connectivity index (χ2n) is 4.52. The van der Waals surface area contributed by atoms with Crippen molar-refractivity contribution < 1.29 is 0 Å². The van der Waals surface area contributed by atoms with Crippen LogP contribution in [0.1, 0.15) is 39.0 Å². The molecule has 2 nitrogen and oxygen atoms in total. The highest BCUT2D eigenvalue weighted by molar-refractivity contribution is 4.88. The van der Waals surface area contributed by atoms with Gasteiger partial charge in [-0.15, -0.1) is 0 Å². The summed E-state index contributed by atoms with van der Waals surface area (Å²) in [6.45, 7) is 6.15. The minimum atomic E-state index is 0.798. The van der Waals surface area contributed by atoms with E-state index in [0.717, 1.165) is 12.1 Å². The molecule has 2 aliphatic rings. The lowest BCUT2D eigenvalue weighted by Crippen LogP contribution is -2.39. The SMILES string of the molecule is CCCN(C[C@H]1CCCN1)C1CC1. The van der Waals surface area contributed by atoms with Gasteiger partial charge in [0.25, 0.3) is 0 Å². The van der Waals surface area contributed by atoms with E-state index >= 15 is 0 Å². The van der Waals surface area contributed by atoms with Crippen LogP contribution in [0.4, 0.5) is 0 Å². The van der Waals surface area contributed by atoms with Gasteiger partial charge in [-0.3, -0.25) is 4.90 Å². The molecule has 1 saturated carbocycles. The highest BCUT2D eigenvalue weighted by Gasteiger charge is 2.30. The van der Waals surface area contributed by atoms with Gasteiger partial charge >= 0.3 is 0 Å². The van der Waals surface area contributed by atoms with Crippen LogP contribution in [0.5, 0.6) is 0 Å². The summed E-state index contributed by atoms with van der Waals surface area (Å²) >= 11 is 0. The van der Waals surface area contributed by atoms with Crippen LogP contribution < -0.4 is 5.32 Å². The molecule has 1 saturated heterocycles. The molecule has 2 heteroatoms. The molecule has 1 aliphatic carbocycles. The fraction of sp³-hybridized carbons (Fsp3) is 1.00. The topological polar surface area (TPSA) is 15.3 Å². The quantitative estimate of drug-likeness (QED) is 0.695. The lowest BCUT2D eigenvalue weighted by molar-refractivity contribution is 0.240. The Morgan fingerprint density at radius 2 is 2.15 bits per heavy atom. The van der Waals surface area contributed by atoms with Gasteiger partial charge in [0, 0.05) is 18.6 Å². The largest absolute Gasteiger partial charge is 0.313 e. The summed E-state index contributed by atoms with van der Waals surface area (Å²) in [6, 6.07) is 1.74. The molecule has 1 aliphatic heterocycles. The predicted octanol–water partition coefficient (Wildman–Crippen LogP) is 1.61. The second-order valence-corrected chi connectivity index (χ2v) is 4.52. The van der Waals surface area contributed by atoms with Gasteiger partial charge in [-0.2, -0.15) is 0 Å². The number of hydrogen-bond acceptors (Lipinski definition) is 2. The van der Waals surface area contributed by atoms with E-state index in [1.807, 2.05) is 0 Å². The predicted molar refractivity (Wildman–Crippen MR) is 55.9 cm³/mol. The van der Waals surface area contributed by atoms with Crippen molar-refractivity contribution in [2.75, 3.05) is 19.6 Å². The molecular weight excluding hydrogens is 160 g/mol. The van der Waals surface area contributed by atoms with Gasteiger partial charge < -0.3 is 5.32 Å². The third-order valence-electron chi connectivity index (χ3n) is 3.19. The maximum atomic E-state index is 3.59. The minimum absolute atomic E-state index is 0.798. The van der Waals surface area contributed by atoms with Crippen LogP contribution in [0.25, 0.3) is 0 Å². The maximum Gasteiger partial charge on any atom is 0.0195 e. The monoisotopic (exact) mass is 182 g/mol. The van der Waals surface area contributed by atoms with Crippen molar-refractivity contribution in [3.8, 4) is 0 Å². The van der Waals surface area contributed by atoms with Gasteiger partial charge in [-0.05, 0) is 45.2 Å². The first-order valence-corrected chi connectivity index (χ1v) is 5.87. The normalized spacial score (nSPS) is 28.6. The van der Waals surface area contributed by atoms with Gasteiger partial charge in [0.2, 0.25) is 0 Å². The van der Waals surface area contributed by atoms with E-state index < -0.39 is 0 Å². The zero-order valence-corrected chi connectivity index (χ0v) is 8.76. The molecule has 1 heterocycles. The first kappa shape index (κ1) is 9.47. The summed E-state index contributed by atoms with van der Waals surface area (Å²) in [4.78, 5) is 2.70. The average molecular weight is 182 g/mol. The molecule has 2 fully saturated rings. The smallest absolute Gasteiger partial charge is 0.0195 e. The number of hydrogen-bond donors (Lipinski definition) is 1. The van der Waals surface area contributed by atoms with Crippen LogP contribution >= 0.6 is 0 Å². The number of nitrogens with zero attached hydrogens (tertiary/aromatic N) is 1. The molecule has 2 rings (SSSR count). The Balaban J connectivity index is 1.74. The van der Waals surface area contributed by atoms with Crippen molar-refractivity contribution in [2.45, 2.75) is 51.1 Å². The van der Waals surface area contributed by atoms with Crippen molar-refractivity contribution in [2.24, 2.45) is 0 Å². The molecule has 1 N–H and O–H groups in total. The summed E-state index contributed by atoms with van der Waals surface area (Å²) in [6.07, 6.45) is 6.99. The Morgan fingerprint density at radius 3 is 2.69 bits per heavy atom. The van der Waals surface area contributed by atoms with E-state index in [2.05, 4.69) is 17.1 Å². The van der Waals surface area contributed by atoms with Crippen LogP contribution in [0.15, 0.2) is 0 Å². The average Bonchev–Trinajstić information content (AvgIpc) is 2.85. The molecule has 0 aromatic rings. The van der Waals surface area contributed by atoms with Crippen molar-refractivity contribution >= 4 is 0 Å². The standard InChI is InChI=1S/C11H22N2/c1-2-8-13(11-5-6-11)9-10-4-3-7-12-10/h10-12H,2-9H2,1H3/t10-/m1/s1. The van der Waals surface area contributed by atoms with Gasteiger partial charge in [0.15, 0.2) is 0 Å². The van der Waals surface area contributed by atoms with E-state index in [1.165, 1.54) is 51.7 Å². The van der Waals surface area contributed by atoms with Gasteiger partial charge in [-0.25, -0.2) is 0 Å². The minimum Gasteiger partial charge on any atom is -0.313 e. The molecule has 0 radical (unpaired) electrons. The Kier molecular flexibility index (Phi) is 3.23. The molecule has 0 aromatic carbocycles. The van der Waals surface area contributed by atoms with Crippen LogP contribution in [0.2, 0.25) is 0 Å². The zero-order valence-electron chi connectivity index (χ0n) is 8.76. The first-order chi connectivity index (χ1) is 6.40. The van der Waals surface area contributed by atoms with Crippen LogP contribution in [0, 0.1) is 0 Å². The Bertz CT molecular complexity index is 148. The van der Waals surface area contributed by atoms with Crippen molar-refractivity contribution in [3.63, 3.8) is 0 Å². The summed E-state index contributed by atoms with van der Waals surface area (Å²) < 4.78 is 0. The Labute approximate surface area is 81.7 Å². The summed E-state index contributed by atoms with van der Waals surface area (Å²) in [5.74, 6) is 0. The molecule has 0 amide bonds. The van der Waals surface area contributed by atoms with Crippen molar-refractivity contribution in [1.29, 1.82) is 0 Å². The van der Waals surface area contributed by atoms with E-state index in [0.29, 0.717) is 0 Å². The third kappa shape index (κ3) is 2.68. The lowest BCUT2D eigenvalue weighted by atomic mass is 10.2. The highest BCUT2D eigenvalue weighted by Crippen LogP contribution is 2.27. The summed E-state index contributed by atoms with van der Waals surface area (Å²) in [5, 5.41) is 3.59. The summed E-state index contributed by atoms with van der Waals surface area (Å²) in [7, 11) is 0. The van der Waals surface area contributed by atoms with Gasteiger partial charge in [0.1, 0.15) is 0 Å². The summed E-state index contributed by atoms with van der Waals surface area (Å²) in [5.41, 5.74) is 0. The van der Waals surface area contributed by atoms with E-state index in [-0.39, 0.29) is 0 Å². The lowest BCUT2D eigenvalue weighted by Gasteiger charge is -2.24. The number of rotatable bonds is 5. The third-order valence-corrected chi connectivity index (χ3v) is 3.19. The fourth-order valence-electron chi connectivity index (χ4n) is 2.35. The molecule has 1 atom stereocenters. The van der Waals surface area contributed by atoms with Crippen LogP contribution in [0.3, 0.4) is 0 Å². The van der Waals surface area contributed by atoms with Crippen molar-refractivity contribution in [3.05, 3.63) is 0 Å². The Morgan fingerprint density at radius 1 is 1.31 bits per heavy atom. The highest BCUT2D eigenvalue weighted by atomic mass is 15.2. The molecular formula is C11H22N2. The molecule has 0 spiro atoms. The van der Waals surface area contributed by atoms with E-state index in [4.69, 9.17) is 0 Å². The number of nitrogens with one attached hydrogen (secondary N) is 1. The van der Waals surface area contributed by atoms with Crippen LogP contribution in [-0.4, -0.2) is 36.6 Å². The molecule has 0 aromatic heterocycles. The maximum absolute atomic E-state index is 3.59. The zero-order chi connectivity index (χ0) is 9.10. The van der Waals surface area contributed by atoms with Gasteiger partial charge in [0.05, 0.1) is 0 Å². The van der Waals surface area contributed by atoms with Crippen molar-refractivity contribution in [1.82, 2.24) is 10.2 Å². The van der Waals surface area contributed by atoms with E-state index in [1.54, 1.807) is 0 Å². The second kappa shape index (κ2) is 4.43. The van der Waals surface area contributed by atoms with Gasteiger partial charge in [-0.1, -0.05) is 6.92 Å². The molecule has 13 heavy (non-hydrogen) atoms. The Hall–Kier alpha value is -0.0800. The molecule has 0 bridgehead atoms. The van der Waals surface area contributed by atoms with E-state index in [9.17, 15) is 0 Å². The fourth-order valence-corrected chi connectivity index (χ4v) is 2.35. The molecule has 76 valence electrons.